The van der Waals surface area contributed by atoms with Crippen LogP contribution < -0.4 is 5.46 Å². The number of ether oxygens (including phenoxy) is 1. The molecule has 0 saturated heterocycles. The third-order valence-corrected chi connectivity index (χ3v) is 2.45. The van der Waals surface area contributed by atoms with Gasteiger partial charge in [0.1, 0.15) is 0 Å². The lowest BCUT2D eigenvalue weighted by Crippen LogP contribution is -2.35. The molecule has 2 N–H and O–H groups in total. The minimum Gasteiger partial charge on any atom is -0.423 e. The van der Waals surface area contributed by atoms with Gasteiger partial charge in [0.2, 0.25) is 0 Å². The van der Waals surface area contributed by atoms with Crippen LogP contribution in [0.15, 0.2) is 24.3 Å². The van der Waals surface area contributed by atoms with Gasteiger partial charge in [-0.25, -0.2) is 0 Å². The first-order valence-electron chi connectivity index (χ1n) is 5.26. The van der Waals surface area contributed by atoms with Crippen molar-refractivity contribution in [2.75, 3.05) is 27.3 Å². The Bertz CT molecular complexity index is 320. The maximum atomic E-state index is 9.21. The van der Waals surface area contributed by atoms with E-state index in [-0.39, 0.29) is 0 Å². The van der Waals surface area contributed by atoms with Gasteiger partial charge in [-0.3, -0.25) is 4.90 Å². The van der Waals surface area contributed by atoms with Gasteiger partial charge in [0, 0.05) is 20.2 Å². The Morgan fingerprint density at radius 3 is 2.62 bits per heavy atom. The molecule has 0 aliphatic heterocycles. The van der Waals surface area contributed by atoms with Gasteiger partial charge in [-0.2, -0.15) is 0 Å². The molecule has 0 radical (unpaired) electrons. The fourth-order valence-corrected chi connectivity index (χ4v) is 1.55. The number of nitrogens with zero attached hydrogens (tertiary/aromatic N) is 1. The molecule has 0 unspecified atom stereocenters. The molecule has 4 nitrogen and oxygen atoms in total. The van der Waals surface area contributed by atoms with E-state index in [9.17, 15) is 10.0 Å². The molecule has 0 fully saturated rings. The highest BCUT2D eigenvalue weighted by atomic mass is 16.5. The Labute approximate surface area is 96.6 Å². The summed E-state index contributed by atoms with van der Waals surface area (Å²) in [5, 5.41) is 18.4. The lowest BCUT2D eigenvalue weighted by atomic mass is 9.77. The van der Waals surface area contributed by atoms with E-state index in [0.29, 0.717) is 18.6 Å². The van der Waals surface area contributed by atoms with Crippen LogP contribution >= 0.6 is 0 Å². The zero-order valence-electron chi connectivity index (χ0n) is 9.76. The summed E-state index contributed by atoms with van der Waals surface area (Å²) < 4.78 is 4.99. The van der Waals surface area contributed by atoms with Crippen molar-refractivity contribution in [3.8, 4) is 0 Å². The monoisotopic (exact) mass is 223 g/mol. The second-order valence-electron chi connectivity index (χ2n) is 3.80. The Morgan fingerprint density at radius 1 is 1.31 bits per heavy atom. The summed E-state index contributed by atoms with van der Waals surface area (Å²) in [6, 6.07) is 7.32. The van der Waals surface area contributed by atoms with Gasteiger partial charge in [0.05, 0.1) is 6.61 Å². The highest BCUT2D eigenvalue weighted by Gasteiger charge is 2.15. The Morgan fingerprint density at radius 2 is 2.00 bits per heavy atom. The molecule has 88 valence electrons. The zero-order valence-corrected chi connectivity index (χ0v) is 9.76. The summed E-state index contributed by atoms with van der Waals surface area (Å²) in [6.07, 6.45) is 0. The topological polar surface area (TPSA) is 52.9 Å². The van der Waals surface area contributed by atoms with Gasteiger partial charge in [0.15, 0.2) is 0 Å². The standard InChI is InChI=1S/C11H18BNO3/c1-13(7-8-16-2)9-10-5-3-4-6-11(10)12(14)15/h3-6,14-15H,7-9H2,1-2H3. The highest BCUT2D eigenvalue weighted by molar-refractivity contribution is 6.59. The van der Waals surface area contributed by atoms with Crippen molar-refractivity contribution in [2.45, 2.75) is 6.54 Å². The zero-order chi connectivity index (χ0) is 12.0. The van der Waals surface area contributed by atoms with Gasteiger partial charge < -0.3 is 14.8 Å². The average molecular weight is 223 g/mol. The molecule has 0 aliphatic carbocycles. The molecule has 0 aliphatic rings. The Kier molecular flexibility index (Phi) is 5.48. The van der Waals surface area contributed by atoms with Crippen molar-refractivity contribution >= 4 is 12.6 Å². The van der Waals surface area contributed by atoms with Crippen LogP contribution in [0.25, 0.3) is 0 Å². The first kappa shape index (κ1) is 13.2. The van der Waals surface area contributed by atoms with Crippen molar-refractivity contribution in [3.63, 3.8) is 0 Å². The van der Waals surface area contributed by atoms with Gasteiger partial charge in [-0.15, -0.1) is 0 Å². The van der Waals surface area contributed by atoms with E-state index in [2.05, 4.69) is 4.90 Å². The molecular weight excluding hydrogens is 205 g/mol. The van der Waals surface area contributed by atoms with Crippen molar-refractivity contribution in [2.24, 2.45) is 0 Å². The number of benzene rings is 1. The third kappa shape index (κ3) is 3.94. The van der Waals surface area contributed by atoms with Gasteiger partial charge >= 0.3 is 7.12 Å². The second-order valence-corrected chi connectivity index (χ2v) is 3.80. The van der Waals surface area contributed by atoms with Crippen LogP contribution in [0.5, 0.6) is 0 Å². The molecule has 0 bridgehead atoms. The molecule has 5 heteroatoms. The first-order valence-corrected chi connectivity index (χ1v) is 5.26. The molecule has 16 heavy (non-hydrogen) atoms. The van der Waals surface area contributed by atoms with Crippen LogP contribution in [0, 0.1) is 0 Å². The van der Waals surface area contributed by atoms with Gasteiger partial charge in [0.25, 0.3) is 0 Å². The second kappa shape index (κ2) is 6.65. The van der Waals surface area contributed by atoms with E-state index in [1.165, 1.54) is 0 Å². The largest absolute Gasteiger partial charge is 0.488 e. The molecule has 0 saturated carbocycles. The molecule has 0 spiro atoms. The van der Waals surface area contributed by atoms with Crippen molar-refractivity contribution in [1.29, 1.82) is 0 Å². The van der Waals surface area contributed by atoms with E-state index in [1.807, 2.05) is 19.2 Å². The van der Waals surface area contributed by atoms with Gasteiger partial charge in [-0.05, 0) is 18.1 Å². The number of methoxy groups -OCH3 is 1. The van der Waals surface area contributed by atoms with E-state index >= 15 is 0 Å². The average Bonchev–Trinajstić information content (AvgIpc) is 2.27. The number of hydrogen-bond acceptors (Lipinski definition) is 4. The first-order chi connectivity index (χ1) is 7.65. The number of rotatable bonds is 6. The minimum absolute atomic E-state index is 0.562. The van der Waals surface area contributed by atoms with E-state index in [4.69, 9.17) is 4.74 Å². The van der Waals surface area contributed by atoms with Crippen LogP contribution in [0.1, 0.15) is 5.56 Å². The fourth-order valence-electron chi connectivity index (χ4n) is 1.55. The molecule has 0 atom stereocenters. The molecular formula is C11H18BNO3. The summed E-state index contributed by atoms with van der Waals surface area (Å²) >= 11 is 0. The maximum Gasteiger partial charge on any atom is 0.488 e. The predicted molar refractivity (Wildman–Crippen MR) is 64.5 cm³/mol. The molecule has 1 aromatic carbocycles. The van der Waals surface area contributed by atoms with E-state index < -0.39 is 7.12 Å². The van der Waals surface area contributed by atoms with Crippen LogP contribution in [-0.4, -0.2) is 49.4 Å². The molecule has 0 amide bonds. The van der Waals surface area contributed by atoms with Crippen LogP contribution in [-0.2, 0) is 11.3 Å². The number of hydrogen-bond donors (Lipinski definition) is 2. The number of likely N-dealkylation sites (N-methyl/N-ethyl adjacent to an activating group) is 1. The molecule has 1 rings (SSSR count). The lowest BCUT2D eigenvalue weighted by Gasteiger charge is -2.18. The van der Waals surface area contributed by atoms with Crippen molar-refractivity contribution in [3.05, 3.63) is 29.8 Å². The highest BCUT2D eigenvalue weighted by Crippen LogP contribution is 2.01. The maximum absolute atomic E-state index is 9.21. The molecule has 0 aromatic heterocycles. The summed E-state index contributed by atoms with van der Waals surface area (Å²) in [4.78, 5) is 2.07. The normalized spacial score (nSPS) is 10.8. The lowest BCUT2D eigenvalue weighted by molar-refractivity contribution is 0.159. The fraction of sp³-hybridized carbons (Fsp3) is 0.455. The van der Waals surface area contributed by atoms with E-state index in [0.717, 1.165) is 12.1 Å². The smallest absolute Gasteiger partial charge is 0.423 e. The summed E-state index contributed by atoms with van der Waals surface area (Å²) in [7, 11) is 2.23. The van der Waals surface area contributed by atoms with Crippen molar-refractivity contribution < 1.29 is 14.8 Å². The molecule has 0 heterocycles. The predicted octanol–water partition coefficient (Wildman–Crippen LogP) is -0.555. The van der Waals surface area contributed by atoms with Gasteiger partial charge in [-0.1, -0.05) is 24.3 Å². The van der Waals surface area contributed by atoms with E-state index in [1.54, 1.807) is 19.2 Å². The summed E-state index contributed by atoms with van der Waals surface area (Å²) in [5.74, 6) is 0. The Hall–Kier alpha value is -0.875. The third-order valence-electron chi connectivity index (χ3n) is 2.45. The quantitative estimate of drug-likeness (QED) is 0.635. The van der Waals surface area contributed by atoms with Crippen LogP contribution in [0.3, 0.4) is 0 Å². The van der Waals surface area contributed by atoms with Crippen molar-refractivity contribution in [1.82, 2.24) is 4.90 Å². The minimum atomic E-state index is -1.41. The van der Waals surface area contributed by atoms with Crippen LogP contribution in [0.4, 0.5) is 0 Å². The SMILES string of the molecule is COCCN(C)Cc1ccccc1B(O)O. The Balaban J connectivity index is 2.65. The summed E-state index contributed by atoms with van der Waals surface area (Å²) in [5.41, 5.74) is 1.49. The van der Waals surface area contributed by atoms with Crippen LogP contribution in [0.2, 0.25) is 0 Å². The summed E-state index contributed by atoms with van der Waals surface area (Å²) in [6.45, 7) is 2.16. The molecule has 1 aromatic rings.